The lowest BCUT2D eigenvalue weighted by molar-refractivity contribution is 0.0631. The van der Waals surface area contributed by atoms with Crippen LogP contribution in [0.3, 0.4) is 0 Å². The first-order chi connectivity index (χ1) is 7.42. The first kappa shape index (κ1) is 13.8. The standard InChI is InChI=1S/C14H26OSi/c1-6-7-8-13-11-12(2)14(15-13)9-10-16(3,4)5/h12-14H,6-8,11H2,1-5H3/t12-,13+,14-/m1/s1. The highest BCUT2D eigenvalue weighted by molar-refractivity contribution is 6.83. The predicted molar refractivity (Wildman–Crippen MR) is 73.1 cm³/mol. The SMILES string of the molecule is CCCC[C@H]1C[C@@H](C)[C@@H](C#C[Si](C)(C)C)O1. The van der Waals surface area contributed by atoms with E-state index in [1.807, 2.05) is 0 Å². The molecular weight excluding hydrogens is 212 g/mol. The molecule has 16 heavy (non-hydrogen) atoms. The average Bonchev–Trinajstić information content (AvgIpc) is 2.52. The Balaban J connectivity index is 2.47. The Morgan fingerprint density at radius 1 is 1.31 bits per heavy atom. The van der Waals surface area contributed by atoms with Gasteiger partial charge in [0.05, 0.1) is 6.10 Å². The largest absolute Gasteiger partial charge is 0.362 e. The number of unbranched alkanes of at least 4 members (excludes halogenated alkanes) is 1. The quantitative estimate of drug-likeness (QED) is 0.536. The van der Waals surface area contributed by atoms with E-state index in [1.165, 1.54) is 25.7 Å². The molecule has 1 nitrogen and oxygen atoms in total. The van der Waals surface area contributed by atoms with Crippen molar-refractivity contribution in [2.24, 2.45) is 5.92 Å². The Morgan fingerprint density at radius 3 is 2.56 bits per heavy atom. The molecule has 1 fully saturated rings. The Labute approximate surface area is 102 Å². The number of rotatable bonds is 3. The van der Waals surface area contributed by atoms with Crippen molar-refractivity contribution in [3.05, 3.63) is 0 Å². The molecule has 2 heteroatoms. The van der Waals surface area contributed by atoms with Gasteiger partial charge in [0.15, 0.2) is 0 Å². The van der Waals surface area contributed by atoms with E-state index in [0.29, 0.717) is 12.0 Å². The first-order valence-electron chi connectivity index (χ1n) is 6.60. The first-order valence-corrected chi connectivity index (χ1v) is 10.1. The van der Waals surface area contributed by atoms with E-state index in [0.717, 1.165) is 0 Å². The lowest BCUT2D eigenvalue weighted by Gasteiger charge is -2.11. The molecule has 92 valence electrons. The van der Waals surface area contributed by atoms with Crippen LogP contribution < -0.4 is 0 Å². The Bertz CT molecular complexity index is 269. The van der Waals surface area contributed by atoms with E-state index in [1.54, 1.807) is 0 Å². The number of hydrogen-bond donors (Lipinski definition) is 0. The molecule has 1 rings (SSSR count). The second kappa shape index (κ2) is 5.89. The van der Waals surface area contributed by atoms with Gasteiger partial charge in [0, 0.05) is 0 Å². The second-order valence-electron chi connectivity index (χ2n) is 6.05. The van der Waals surface area contributed by atoms with Crippen LogP contribution in [0, 0.1) is 17.4 Å². The molecular formula is C14H26OSi. The van der Waals surface area contributed by atoms with Gasteiger partial charge in [-0.3, -0.25) is 0 Å². The van der Waals surface area contributed by atoms with Crippen LogP contribution in [0.25, 0.3) is 0 Å². The predicted octanol–water partition coefficient (Wildman–Crippen LogP) is 3.85. The van der Waals surface area contributed by atoms with Crippen molar-refractivity contribution in [1.29, 1.82) is 0 Å². The molecule has 0 radical (unpaired) electrons. The minimum absolute atomic E-state index is 0.202. The third-order valence-electron chi connectivity index (χ3n) is 2.96. The van der Waals surface area contributed by atoms with Crippen LogP contribution in [-0.2, 0) is 4.74 Å². The molecule has 0 aliphatic carbocycles. The number of ether oxygens (including phenoxy) is 1. The molecule has 1 aliphatic rings. The van der Waals surface area contributed by atoms with Crippen molar-refractivity contribution in [1.82, 2.24) is 0 Å². The zero-order chi connectivity index (χ0) is 12.2. The lowest BCUT2D eigenvalue weighted by atomic mass is 10.00. The molecule has 0 aromatic carbocycles. The lowest BCUT2D eigenvalue weighted by Crippen LogP contribution is -2.19. The van der Waals surface area contributed by atoms with Crippen LogP contribution >= 0.6 is 0 Å². The van der Waals surface area contributed by atoms with Gasteiger partial charge in [-0.25, -0.2) is 0 Å². The molecule has 1 saturated heterocycles. The zero-order valence-corrected chi connectivity index (χ0v) is 12.5. The maximum absolute atomic E-state index is 6.02. The van der Waals surface area contributed by atoms with Crippen LogP contribution in [0.4, 0.5) is 0 Å². The number of hydrogen-bond acceptors (Lipinski definition) is 1. The van der Waals surface area contributed by atoms with Crippen LogP contribution in [0.5, 0.6) is 0 Å². The van der Waals surface area contributed by atoms with Gasteiger partial charge in [0.1, 0.15) is 14.2 Å². The minimum atomic E-state index is -1.24. The summed E-state index contributed by atoms with van der Waals surface area (Å²) >= 11 is 0. The highest BCUT2D eigenvalue weighted by Gasteiger charge is 2.30. The average molecular weight is 238 g/mol. The van der Waals surface area contributed by atoms with Crippen LogP contribution in [0.1, 0.15) is 39.5 Å². The fourth-order valence-electron chi connectivity index (χ4n) is 2.02. The summed E-state index contributed by atoms with van der Waals surface area (Å²) in [6.07, 6.45) is 5.63. The van der Waals surface area contributed by atoms with Crippen LogP contribution in [-0.4, -0.2) is 20.3 Å². The van der Waals surface area contributed by atoms with Gasteiger partial charge in [-0.05, 0) is 18.8 Å². The molecule has 0 saturated carbocycles. The summed E-state index contributed by atoms with van der Waals surface area (Å²) in [5.74, 6) is 3.98. The minimum Gasteiger partial charge on any atom is -0.362 e. The molecule has 0 amide bonds. The summed E-state index contributed by atoms with van der Waals surface area (Å²) in [5.41, 5.74) is 3.43. The normalized spacial score (nSPS) is 29.9. The van der Waals surface area contributed by atoms with E-state index >= 15 is 0 Å². The highest BCUT2D eigenvalue weighted by Crippen LogP contribution is 2.28. The maximum Gasteiger partial charge on any atom is 0.129 e. The van der Waals surface area contributed by atoms with Crippen LogP contribution in [0.2, 0.25) is 19.6 Å². The smallest absolute Gasteiger partial charge is 0.129 e. The molecule has 1 heterocycles. The summed E-state index contributed by atoms with van der Waals surface area (Å²) in [6, 6.07) is 0. The van der Waals surface area contributed by atoms with E-state index in [4.69, 9.17) is 4.74 Å². The second-order valence-corrected chi connectivity index (χ2v) is 10.8. The van der Waals surface area contributed by atoms with Gasteiger partial charge in [-0.2, -0.15) is 0 Å². The Morgan fingerprint density at radius 2 is 2.00 bits per heavy atom. The van der Waals surface area contributed by atoms with E-state index in [-0.39, 0.29) is 6.10 Å². The van der Waals surface area contributed by atoms with Gasteiger partial charge in [-0.1, -0.05) is 52.3 Å². The van der Waals surface area contributed by atoms with E-state index in [9.17, 15) is 0 Å². The summed E-state index contributed by atoms with van der Waals surface area (Å²) in [7, 11) is -1.24. The maximum atomic E-state index is 6.02. The van der Waals surface area contributed by atoms with Crippen molar-refractivity contribution in [2.75, 3.05) is 0 Å². The Hall–Kier alpha value is -0.263. The summed E-state index contributed by atoms with van der Waals surface area (Å²) < 4.78 is 6.02. The molecule has 0 N–H and O–H groups in total. The molecule has 0 aromatic heterocycles. The Kier molecular flexibility index (Phi) is 5.08. The van der Waals surface area contributed by atoms with Gasteiger partial charge in [-0.15, -0.1) is 5.54 Å². The van der Waals surface area contributed by atoms with Crippen LogP contribution in [0.15, 0.2) is 0 Å². The van der Waals surface area contributed by atoms with Gasteiger partial charge >= 0.3 is 0 Å². The third-order valence-corrected chi connectivity index (χ3v) is 3.85. The monoisotopic (exact) mass is 238 g/mol. The molecule has 0 aromatic rings. The molecule has 0 bridgehead atoms. The van der Waals surface area contributed by atoms with Gasteiger partial charge < -0.3 is 4.74 Å². The molecule has 0 unspecified atom stereocenters. The summed E-state index contributed by atoms with van der Waals surface area (Å²) in [4.78, 5) is 0. The fourth-order valence-corrected chi connectivity index (χ4v) is 2.59. The van der Waals surface area contributed by atoms with Gasteiger partial charge in [0.25, 0.3) is 0 Å². The van der Waals surface area contributed by atoms with Crippen molar-refractivity contribution in [3.63, 3.8) is 0 Å². The summed E-state index contributed by atoms with van der Waals surface area (Å²) in [5, 5.41) is 0. The topological polar surface area (TPSA) is 9.23 Å². The third kappa shape index (κ3) is 4.72. The van der Waals surface area contributed by atoms with Gasteiger partial charge in [0.2, 0.25) is 0 Å². The zero-order valence-electron chi connectivity index (χ0n) is 11.5. The summed E-state index contributed by atoms with van der Waals surface area (Å²) in [6.45, 7) is 11.4. The molecule has 0 spiro atoms. The highest BCUT2D eigenvalue weighted by atomic mass is 28.3. The van der Waals surface area contributed by atoms with Crippen molar-refractivity contribution >= 4 is 8.07 Å². The molecule has 1 aliphatic heterocycles. The van der Waals surface area contributed by atoms with Crippen molar-refractivity contribution < 1.29 is 4.74 Å². The van der Waals surface area contributed by atoms with Crippen molar-refractivity contribution in [2.45, 2.75) is 71.4 Å². The fraction of sp³-hybridized carbons (Fsp3) is 0.857. The van der Waals surface area contributed by atoms with E-state index < -0.39 is 8.07 Å². The molecule has 3 atom stereocenters. The van der Waals surface area contributed by atoms with Crippen molar-refractivity contribution in [3.8, 4) is 11.5 Å². The van der Waals surface area contributed by atoms with E-state index in [2.05, 4.69) is 45.0 Å².